The highest BCUT2D eigenvalue weighted by atomic mass is 14.9. The minimum atomic E-state index is 0.731. The lowest BCUT2D eigenvalue weighted by Gasteiger charge is -2.19. The number of allylic oxidation sites excluding steroid dienone is 7. The summed E-state index contributed by atoms with van der Waals surface area (Å²) in [5.74, 6) is 0. The van der Waals surface area contributed by atoms with Crippen LogP contribution in [-0.4, -0.2) is 19.1 Å². The third-order valence-electron chi connectivity index (χ3n) is 13.5. The normalized spacial score (nSPS) is 12.2. The van der Waals surface area contributed by atoms with E-state index in [4.69, 9.17) is 0 Å². The molecule has 0 rings (SSSR count). The van der Waals surface area contributed by atoms with E-state index in [1.807, 2.05) is 0 Å². The third-order valence-corrected chi connectivity index (χ3v) is 13.5. The second kappa shape index (κ2) is 53.1. The van der Waals surface area contributed by atoms with Crippen molar-refractivity contribution < 1.29 is 0 Å². The molecule has 2 N–H and O–H groups in total. The van der Waals surface area contributed by atoms with E-state index in [-0.39, 0.29) is 0 Å². The van der Waals surface area contributed by atoms with Gasteiger partial charge < -0.3 is 10.6 Å². The predicted octanol–water partition coefficient (Wildman–Crippen LogP) is 20.9. The van der Waals surface area contributed by atoms with Gasteiger partial charge in [0.2, 0.25) is 0 Å². The summed E-state index contributed by atoms with van der Waals surface area (Å²) in [5.41, 5.74) is 4.18. The molecule has 0 radical (unpaired) electrons. The number of nitrogens with one attached hydrogen (secondary N) is 2. The molecule has 0 aliphatic carbocycles. The molecule has 0 amide bonds. The highest BCUT2D eigenvalue weighted by molar-refractivity contribution is 4.98. The van der Waals surface area contributed by atoms with Crippen molar-refractivity contribution in [1.29, 1.82) is 0 Å². The maximum atomic E-state index is 4.38. The first-order chi connectivity index (χ1) is 31.0. The second-order valence-corrected chi connectivity index (χ2v) is 20.1. The smallest absolute Gasteiger partial charge is 0.0143 e. The Morgan fingerprint density at radius 3 is 1.11 bits per heavy atom. The first-order valence-corrected chi connectivity index (χ1v) is 28.8. The summed E-state index contributed by atoms with van der Waals surface area (Å²) in [5, 5.41) is 7.60. The van der Waals surface area contributed by atoms with Crippen LogP contribution in [-0.2, 0) is 0 Å². The molecular formula is C61H116N2. The zero-order valence-corrected chi connectivity index (χ0v) is 43.7. The molecule has 1 atom stereocenters. The summed E-state index contributed by atoms with van der Waals surface area (Å²) in [6, 6.07) is 0.731. The van der Waals surface area contributed by atoms with Crippen LogP contribution in [0.1, 0.15) is 310 Å². The summed E-state index contributed by atoms with van der Waals surface area (Å²) in [6.45, 7) is 22.1. The number of rotatable bonds is 54. The van der Waals surface area contributed by atoms with E-state index in [1.54, 1.807) is 0 Å². The molecule has 370 valence electrons. The number of hydrogen-bond donors (Lipinski definition) is 2. The Kier molecular flexibility index (Phi) is 51.8. The van der Waals surface area contributed by atoms with Gasteiger partial charge in [-0.25, -0.2) is 0 Å². The molecule has 0 aromatic carbocycles. The lowest BCUT2D eigenvalue weighted by Crippen LogP contribution is -2.30. The Bertz CT molecular complexity index is 1000. The quantitative estimate of drug-likeness (QED) is 0.0470. The lowest BCUT2D eigenvalue weighted by molar-refractivity contribution is 0.405. The molecule has 0 heterocycles. The monoisotopic (exact) mass is 877 g/mol. The summed E-state index contributed by atoms with van der Waals surface area (Å²) in [7, 11) is 0. The third kappa shape index (κ3) is 51.3. The molecule has 0 spiro atoms. The van der Waals surface area contributed by atoms with E-state index in [0.29, 0.717) is 0 Å². The van der Waals surface area contributed by atoms with Gasteiger partial charge in [0.15, 0.2) is 0 Å². The van der Waals surface area contributed by atoms with Crippen LogP contribution in [0.5, 0.6) is 0 Å². The van der Waals surface area contributed by atoms with Crippen molar-refractivity contribution >= 4 is 0 Å². The highest BCUT2D eigenvalue weighted by Crippen LogP contribution is 2.19. The summed E-state index contributed by atoms with van der Waals surface area (Å²) in [4.78, 5) is 0. The van der Waals surface area contributed by atoms with Crippen LogP contribution in [0.4, 0.5) is 0 Å². The van der Waals surface area contributed by atoms with Gasteiger partial charge in [-0.15, -0.1) is 0 Å². The standard InChI is InChI=1S/C61H116N2/c1-7-10-13-15-17-25-32-41-49-58(4)51-43-34-27-24-29-37-46-55-61(63-57-48-39-31-35-44-52-59(5)50-42-33-26-18-16-14-11-8-2)54-45-36-28-22-20-19-21-23-30-38-47-56-62-60(6)53-40-12-9-3/h25-26,32-33,61-63H,4-24,27-31,34-57H2,1-3H3/b32-25-,33-26-. The van der Waals surface area contributed by atoms with Gasteiger partial charge in [-0.3, -0.25) is 0 Å². The average Bonchev–Trinajstić information content (AvgIpc) is 3.28. The van der Waals surface area contributed by atoms with Crippen LogP contribution in [0.2, 0.25) is 0 Å². The summed E-state index contributed by atoms with van der Waals surface area (Å²) < 4.78 is 0. The van der Waals surface area contributed by atoms with Gasteiger partial charge in [0.05, 0.1) is 0 Å². The Morgan fingerprint density at radius 1 is 0.333 bits per heavy atom. The zero-order valence-electron chi connectivity index (χ0n) is 43.7. The fourth-order valence-electron chi connectivity index (χ4n) is 9.06. The first-order valence-electron chi connectivity index (χ1n) is 28.8. The number of unbranched alkanes of at least 4 members (excludes halogenated alkanes) is 30. The van der Waals surface area contributed by atoms with E-state index in [1.165, 1.54) is 306 Å². The van der Waals surface area contributed by atoms with E-state index < -0.39 is 0 Å². The van der Waals surface area contributed by atoms with Gasteiger partial charge in [-0.1, -0.05) is 249 Å². The molecule has 0 bridgehead atoms. The topological polar surface area (TPSA) is 24.1 Å². The maximum Gasteiger partial charge on any atom is 0.0143 e. The van der Waals surface area contributed by atoms with E-state index in [2.05, 4.69) is 75.4 Å². The molecule has 0 aliphatic heterocycles. The molecule has 2 heteroatoms. The molecule has 0 aliphatic rings. The molecular weight excluding hydrogens is 761 g/mol. The highest BCUT2D eigenvalue weighted by Gasteiger charge is 2.08. The van der Waals surface area contributed by atoms with Crippen molar-refractivity contribution in [2.45, 2.75) is 316 Å². The molecule has 0 saturated heterocycles. The van der Waals surface area contributed by atoms with E-state index in [9.17, 15) is 0 Å². The maximum absolute atomic E-state index is 4.38. The molecule has 0 aromatic rings. The van der Waals surface area contributed by atoms with Gasteiger partial charge in [0.1, 0.15) is 0 Å². The van der Waals surface area contributed by atoms with Crippen molar-refractivity contribution in [2.75, 3.05) is 13.1 Å². The lowest BCUT2D eigenvalue weighted by atomic mass is 9.99. The van der Waals surface area contributed by atoms with Crippen molar-refractivity contribution in [2.24, 2.45) is 0 Å². The van der Waals surface area contributed by atoms with E-state index in [0.717, 1.165) is 19.0 Å². The second-order valence-electron chi connectivity index (χ2n) is 20.1. The Hall–Kier alpha value is -1.54. The Labute approximate surface area is 398 Å². The van der Waals surface area contributed by atoms with Gasteiger partial charge in [0.25, 0.3) is 0 Å². The van der Waals surface area contributed by atoms with Crippen molar-refractivity contribution in [3.05, 3.63) is 60.9 Å². The predicted molar refractivity (Wildman–Crippen MR) is 290 cm³/mol. The minimum Gasteiger partial charge on any atom is -0.389 e. The Balaban J connectivity index is 4.17. The molecule has 0 fully saturated rings. The fourth-order valence-corrected chi connectivity index (χ4v) is 9.06. The van der Waals surface area contributed by atoms with E-state index >= 15 is 0 Å². The van der Waals surface area contributed by atoms with Crippen LogP contribution < -0.4 is 10.6 Å². The van der Waals surface area contributed by atoms with Gasteiger partial charge in [-0.2, -0.15) is 0 Å². The average molecular weight is 878 g/mol. The molecule has 0 saturated carbocycles. The Morgan fingerprint density at radius 2 is 0.667 bits per heavy atom. The molecule has 63 heavy (non-hydrogen) atoms. The largest absolute Gasteiger partial charge is 0.389 e. The molecule has 0 aromatic heterocycles. The van der Waals surface area contributed by atoms with Gasteiger partial charge in [-0.05, 0) is 122 Å². The van der Waals surface area contributed by atoms with Gasteiger partial charge in [0, 0.05) is 18.3 Å². The zero-order chi connectivity index (χ0) is 45.8. The first kappa shape index (κ1) is 61.5. The van der Waals surface area contributed by atoms with Crippen LogP contribution in [0.15, 0.2) is 60.9 Å². The van der Waals surface area contributed by atoms with Gasteiger partial charge >= 0.3 is 0 Å². The van der Waals surface area contributed by atoms with Crippen LogP contribution in [0.3, 0.4) is 0 Å². The number of hydrogen-bond acceptors (Lipinski definition) is 2. The SMILES string of the molecule is C=C(CC/C=C\CCCCCC)CCCCCCCCCC(CCCCCCCCCCCCCNC(=C)CCCCC)NCCCCCCCC(=C)CC/C=C\CCCCCC. The fraction of sp³-hybridized carbons (Fsp3) is 0.836. The van der Waals surface area contributed by atoms with Crippen LogP contribution in [0.25, 0.3) is 0 Å². The summed E-state index contributed by atoms with van der Waals surface area (Å²) in [6.07, 6.45) is 70.2. The van der Waals surface area contributed by atoms with Crippen molar-refractivity contribution in [3.8, 4) is 0 Å². The molecule has 1 unspecified atom stereocenters. The van der Waals surface area contributed by atoms with Crippen LogP contribution >= 0.6 is 0 Å². The van der Waals surface area contributed by atoms with Crippen molar-refractivity contribution in [3.63, 3.8) is 0 Å². The van der Waals surface area contributed by atoms with Crippen molar-refractivity contribution in [1.82, 2.24) is 10.6 Å². The molecule has 2 nitrogen and oxygen atoms in total. The van der Waals surface area contributed by atoms with Crippen LogP contribution in [0, 0.1) is 0 Å². The minimum absolute atomic E-state index is 0.731. The summed E-state index contributed by atoms with van der Waals surface area (Å²) >= 11 is 0.